The molecule has 0 spiro atoms. The molecule has 0 bridgehead atoms. The van der Waals surface area contributed by atoms with Crippen molar-refractivity contribution in [3.63, 3.8) is 0 Å². The molecule has 7 heteroatoms. The van der Waals surface area contributed by atoms with Gasteiger partial charge in [0.2, 0.25) is 0 Å². The van der Waals surface area contributed by atoms with E-state index in [9.17, 15) is 13.2 Å². The van der Waals surface area contributed by atoms with Gasteiger partial charge in [-0.1, -0.05) is 12.2 Å². The number of alkyl halides is 3. The molecule has 2 N–H and O–H groups in total. The summed E-state index contributed by atoms with van der Waals surface area (Å²) in [6, 6.07) is 0. The number of hydrogen-bond acceptors (Lipinski definition) is 3. The van der Waals surface area contributed by atoms with Gasteiger partial charge in [0.05, 0.1) is 30.9 Å². The van der Waals surface area contributed by atoms with Gasteiger partial charge in [0.1, 0.15) is 5.92 Å². The van der Waals surface area contributed by atoms with E-state index < -0.39 is 23.7 Å². The van der Waals surface area contributed by atoms with Crippen LogP contribution >= 0.6 is 12.2 Å². The van der Waals surface area contributed by atoms with Crippen molar-refractivity contribution in [1.29, 1.82) is 0 Å². The third kappa shape index (κ3) is 6.97. The Balaban J connectivity index is 3.83. The molecule has 0 radical (unpaired) electrons. The standard InChI is InChI=1S/C9H16F3NO2S/c1-6(2)15-4-3-14-5-7(8(13)16)9(10,11)12/h6-7H,3-5H2,1-2H3,(H2,13,16). The van der Waals surface area contributed by atoms with Crippen molar-refractivity contribution in [3.05, 3.63) is 0 Å². The molecule has 0 rings (SSSR count). The zero-order valence-electron chi connectivity index (χ0n) is 9.21. The molecule has 0 aromatic heterocycles. The zero-order valence-corrected chi connectivity index (χ0v) is 10.0. The minimum Gasteiger partial charge on any atom is -0.393 e. The predicted molar refractivity (Wildman–Crippen MR) is 58.2 cm³/mol. The summed E-state index contributed by atoms with van der Waals surface area (Å²) in [5.74, 6) is -1.89. The number of halogens is 3. The van der Waals surface area contributed by atoms with E-state index in [1.54, 1.807) is 0 Å². The van der Waals surface area contributed by atoms with Crippen molar-refractivity contribution in [3.8, 4) is 0 Å². The minimum atomic E-state index is -4.45. The van der Waals surface area contributed by atoms with Crippen LogP contribution in [0.15, 0.2) is 0 Å². The van der Waals surface area contributed by atoms with E-state index in [1.807, 2.05) is 13.8 Å². The summed E-state index contributed by atoms with van der Waals surface area (Å²) in [7, 11) is 0. The lowest BCUT2D eigenvalue weighted by atomic mass is 10.1. The molecule has 0 heterocycles. The van der Waals surface area contributed by atoms with Gasteiger partial charge in [-0.05, 0) is 13.8 Å². The van der Waals surface area contributed by atoms with Gasteiger partial charge in [-0.15, -0.1) is 0 Å². The van der Waals surface area contributed by atoms with Crippen molar-refractivity contribution in [2.24, 2.45) is 11.7 Å². The normalized spacial score (nSPS) is 14.1. The summed E-state index contributed by atoms with van der Waals surface area (Å²) in [5.41, 5.74) is 4.99. The second-order valence-corrected chi connectivity index (χ2v) is 3.96. The average Bonchev–Trinajstić information content (AvgIpc) is 2.07. The zero-order chi connectivity index (χ0) is 12.8. The first-order valence-electron chi connectivity index (χ1n) is 4.80. The van der Waals surface area contributed by atoms with Crippen LogP contribution in [0.5, 0.6) is 0 Å². The fourth-order valence-electron chi connectivity index (χ4n) is 0.882. The Morgan fingerprint density at radius 3 is 2.25 bits per heavy atom. The summed E-state index contributed by atoms with van der Waals surface area (Å²) in [5, 5.41) is 0. The highest BCUT2D eigenvalue weighted by Gasteiger charge is 2.41. The van der Waals surface area contributed by atoms with Crippen LogP contribution in [0.1, 0.15) is 13.8 Å². The lowest BCUT2D eigenvalue weighted by Crippen LogP contribution is -2.38. The van der Waals surface area contributed by atoms with Gasteiger partial charge < -0.3 is 15.2 Å². The van der Waals surface area contributed by atoms with Crippen molar-refractivity contribution < 1.29 is 22.6 Å². The van der Waals surface area contributed by atoms with Crippen LogP contribution in [0, 0.1) is 5.92 Å². The van der Waals surface area contributed by atoms with E-state index in [0.29, 0.717) is 0 Å². The van der Waals surface area contributed by atoms with Crippen LogP contribution in [0.3, 0.4) is 0 Å². The molecule has 0 aliphatic rings. The smallest absolute Gasteiger partial charge is 0.393 e. The van der Waals surface area contributed by atoms with Gasteiger partial charge in [0, 0.05) is 0 Å². The number of hydrogen-bond donors (Lipinski definition) is 1. The number of ether oxygens (including phenoxy) is 2. The Hall–Kier alpha value is -0.400. The van der Waals surface area contributed by atoms with Crippen molar-refractivity contribution >= 4 is 17.2 Å². The first-order chi connectivity index (χ1) is 7.25. The number of rotatable bonds is 7. The largest absolute Gasteiger partial charge is 0.400 e. The lowest BCUT2D eigenvalue weighted by molar-refractivity contribution is -0.168. The molecular weight excluding hydrogens is 243 g/mol. The fraction of sp³-hybridized carbons (Fsp3) is 0.889. The Labute approximate surface area is 98.1 Å². The van der Waals surface area contributed by atoms with E-state index >= 15 is 0 Å². The third-order valence-electron chi connectivity index (χ3n) is 1.70. The van der Waals surface area contributed by atoms with E-state index in [2.05, 4.69) is 12.2 Å². The fourth-order valence-corrected chi connectivity index (χ4v) is 1.08. The highest BCUT2D eigenvalue weighted by molar-refractivity contribution is 7.80. The molecule has 0 aliphatic heterocycles. The molecule has 0 aromatic rings. The number of nitrogens with two attached hydrogens (primary N) is 1. The first-order valence-corrected chi connectivity index (χ1v) is 5.21. The van der Waals surface area contributed by atoms with Crippen LogP contribution in [0.25, 0.3) is 0 Å². The van der Waals surface area contributed by atoms with Gasteiger partial charge in [0.15, 0.2) is 0 Å². The Kier molecular flexibility index (Phi) is 6.85. The first kappa shape index (κ1) is 15.6. The van der Waals surface area contributed by atoms with Gasteiger partial charge in [0.25, 0.3) is 0 Å². The minimum absolute atomic E-state index is 0.0256. The van der Waals surface area contributed by atoms with Crippen LogP contribution in [0.4, 0.5) is 13.2 Å². The lowest BCUT2D eigenvalue weighted by Gasteiger charge is -2.19. The maximum Gasteiger partial charge on any atom is 0.400 e. The van der Waals surface area contributed by atoms with E-state index in [0.717, 1.165) is 0 Å². The Morgan fingerprint density at radius 2 is 1.88 bits per heavy atom. The third-order valence-corrected chi connectivity index (χ3v) is 1.99. The molecule has 16 heavy (non-hydrogen) atoms. The van der Waals surface area contributed by atoms with Crippen LogP contribution < -0.4 is 5.73 Å². The van der Waals surface area contributed by atoms with Crippen LogP contribution in [-0.2, 0) is 9.47 Å². The Morgan fingerprint density at radius 1 is 1.31 bits per heavy atom. The molecular formula is C9H16F3NO2S. The highest BCUT2D eigenvalue weighted by atomic mass is 32.1. The predicted octanol–water partition coefficient (Wildman–Crippen LogP) is 1.89. The molecule has 96 valence electrons. The van der Waals surface area contributed by atoms with Crippen molar-refractivity contribution in [1.82, 2.24) is 0 Å². The average molecular weight is 259 g/mol. The van der Waals surface area contributed by atoms with Gasteiger partial charge in [-0.25, -0.2) is 0 Å². The summed E-state index contributed by atoms with van der Waals surface area (Å²) in [4.78, 5) is -0.600. The molecule has 0 fully saturated rings. The van der Waals surface area contributed by atoms with Gasteiger partial charge in [-0.3, -0.25) is 0 Å². The number of thiocarbonyl (C=S) groups is 1. The van der Waals surface area contributed by atoms with Crippen LogP contribution in [-0.4, -0.2) is 37.1 Å². The molecule has 1 atom stereocenters. The van der Waals surface area contributed by atoms with Crippen molar-refractivity contribution in [2.75, 3.05) is 19.8 Å². The molecule has 0 saturated carbocycles. The molecule has 1 unspecified atom stereocenters. The second-order valence-electron chi connectivity index (χ2n) is 3.49. The molecule has 0 amide bonds. The monoisotopic (exact) mass is 259 g/mol. The van der Waals surface area contributed by atoms with Gasteiger partial charge >= 0.3 is 6.18 Å². The maximum absolute atomic E-state index is 12.3. The molecule has 3 nitrogen and oxygen atoms in total. The van der Waals surface area contributed by atoms with Gasteiger partial charge in [-0.2, -0.15) is 13.2 Å². The molecule has 0 aliphatic carbocycles. The van der Waals surface area contributed by atoms with E-state index in [-0.39, 0.29) is 19.3 Å². The summed E-state index contributed by atoms with van der Waals surface area (Å²) >= 11 is 4.33. The van der Waals surface area contributed by atoms with E-state index in [1.165, 1.54) is 0 Å². The topological polar surface area (TPSA) is 44.5 Å². The van der Waals surface area contributed by atoms with E-state index in [4.69, 9.17) is 15.2 Å². The Bertz CT molecular complexity index is 221. The quantitative estimate of drug-likeness (QED) is 0.560. The second kappa shape index (κ2) is 7.03. The summed E-state index contributed by atoms with van der Waals surface area (Å²) < 4.78 is 46.9. The summed E-state index contributed by atoms with van der Waals surface area (Å²) in [6.45, 7) is 3.44. The van der Waals surface area contributed by atoms with Crippen LogP contribution in [0.2, 0.25) is 0 Å². The summed E-state index contributed by atoms with van der Waals surface area (Å²) in [6.07, 6.45) is -4.43. The SMILES string of the molecule is CC(C)OCCOCC(C(N)=S)C(F)(F)F. The molecule has 0 aromatic carbocycles. The van der Waals surface area contributed by atoms with Crippen molar-refractivity contribution in [2.45, 2.75) is 26.1 Å². The maximum atomic E-state index is 12.3. The molecule has 0 saturated heterocycles. The highest BCUT2D eigenvalue weighted by Crippen LogP contribution is 2.26.